The van der Waals surface area contributed by atoms with Crippen molar-refractivity contribution in [2.45, 2.75) is 40.0 Å². The van der Waals surface area contributed by atoms with Crippen molar-refractivity contribution in [1.82, 2.24) is 10.6 Å². The van der Waals surface area contributed by atoms with Gasteiger partial charge in [-0.1, -0.05) is 31.5 Å². The van der Waals surface area contributed by atoms with Crippen LogP contribution in [0.2, 0.25) is 0 Å². The van der Waals surface area contributed by atoms with E-state index >= 15 is 0 Å². The van der Waals surface area contributed by atoms with Gasteiger partial charge in [0.15, 0.2) is 0 Å². The van der Waals surface area contributed by atoms with Crippen LogP contribution in [0.4, 0.5) is 4.79 Å². The molecule has 1 aromatic rings. The molecule has 0 atom stereocenters. The third kappa shape index (κ3) is 3.25. The van der Waals surface area contributed by atoms with Crippen molar-refractivity contribution in [3.05, 3.63) is 34.4 Å². The minimum absolute atomic E-state index is 0.0750. The highest BCUT2D eigenvalue weighted by molar-refractivity contribution is 5.73. The van der Waals surface area contributed by atoms with E-state index in [-0.39, 0.29) is 11.4 Å². The summed E-state index contributed by atoms with van der Waals surface area (Å²) in [5.74, 6) is 0. The molecule has 0 aliphatic carbocycles. The minimum Gasteiger partial charge on any atom is -0.341 e. The Morgan fingerprint density at radius 3 is 2.11 bits per heavy atom. The Morgan fingerprint density at radius 2 is 1.67 bits per heavy atom. The van der Waals surface area contributed by atoms with Crippen molar-refractivity contribution >= 4 is 6.03 Å². The van der Waals surface area contributed by atoms with Crippen molar-refractivity contribution in [3.63, 3.8) is 0 Å². The van der Waals surface area contributed by atoms with Gasteiger partial charge in [-0.05, 0) is 37.5 Å². The summed E-state index contributed by atoms with van der Waals surface area (Å²) in [6, 6.07) is 4.26. The number of urea groups is 1. The lowest BCUT2D eigenvalue weighted by molar-refractivity contribution is 0.240. The quantitative estimate of drug-likeness (QED) is 0.848. The Balaban J connectivity index is 3.01. The summed E-state index contributed by atoms with van der Waals surface area (Å²) in [6.45, 7) is 11.3. The van der Waals surface area contributed by atoms with Gasteiger partial charge in [0.2, 0.25) is 0 Å². The second kappa shape index (κ2) is 5.42. The largest absolute Gasteiger partial charge is 0.341 e. The summed E-state index contributed by atoms with van der Waals surface area (Å²) in [6.07, 6.45) is 0. The van der Waals surface area contributed by atoms with Crippen LogP contribution in [-0.4, -0.2) is 19.6 Å². The first-order valence-corrected chi connectivity index (χ1v) is 6.32. The summed E-state index contributed by atoms with van der Waals surface area (Å²) < 4.78 is 0. The van der Waals surface area contributed by atoms with Gasteiger partial charge in [-0.2, -0.15) is 0 Å². The van der Waals surface area contributed by atoms with Gasteiger partial charge in [0.05, 0.1) is 0 Å². The number of rotatable bonds is 3. The Morgan fingerprint density at radius 1 is 1.17 bits per heavy atom. The van der Waals surface area contributed by atoms with Crippen LogP contribution in [0, 0.1) is 20.8 Å². The summed E-state index contributed by atoms with van der Waals surface area (Å²) in [5, 5.41) is 5.47. The van der Waals surface area contributed by atoms with Gasteiger partial charge in [0.25, 0.3) is 0 Å². The summed E-state index contributed by atoms with van der Waals surface area (Å²) >= 11 is 0. The van der Waals surface area contributed by atoms with Crippen molar-refractivity contribution < 1.29 is 4.79 Å². The molecule has 100 valence electrons. The molecule has 0 aromatic heterocycles. The molecule has 0 aliphatic heterocycles. The second-order valence-corrected chi connectivity index (χ2v) is 5.59. The smallest absolute Gasteiger partial charge is 0.314 e. The van der Waals surface area contributed by atoms with Gasteiger partial charge in [-0.3, -0.25) is 0 Å². The molecule has 0 saturated carbocycles. The molecular weight excluding hydrogens is 224 g/mol. The summed E-state index contributed by atoms with van der Waals surface area (Å²) in [5.41, 5.74) is 5.11. The molecule has 0 saturated heterocycles. The highest BCUT2D eigenvalue weighted by atomic mass is 16.2. The van der Waals surface area contributed by atoms with Crippen molar-refractivity contribution in [3.8, 4) is 0 Å². The molecule has 0 bridgehead atoms. The molecule has 2 amide bonds. The fraction of sp³-hybridized carbons (Fsp3) is 0.533. The lowest BCUT2D eigenvalue weighted by Gasteiger charge is -2.29. The fourth-order valence-electron chi connectivity index (χ4n) is 2.73. The zero-order valence-electron chi connectivity index (χ0n) is 12.3. The standard InChI is InChI=1S/C15H24N2O/c1-10-7-11(2)13(12(3)8-10)15(4,5)9-17-14(18)16-6/h7-8H,9H2,1-6H3,(H2,16,17,18). The molecule has 0 radical (unpaired) electrons. The normalized spacial score (nSPS) is 11.2. The van der Waals surface area contributed by atoms with Gasteiger partial charge >= 0.3 is 6.03 Å². The number of nitrogens with one attached hydrogen (secondary N) is 2. The van der Waals surface area contributed by atoms with Crippen LogP contribution >= 0.6 is 0 Å². The highest BCUT2D eigenvalue weighted by Gasteiger charge is 2.25. The van der Waals surface area contributed by atoms with E-state index in [0.717, 1.165) is 0 Å². The maximum Gasteiger partial charge on any atom is 0.314 e. The lowest BCUT2D eigenvalue weighted by Crippen LogP contribution is -2.41. The molecular formula is C15H24N2O. The second-order valence-electron chi connectivity index (χ2n) is 5.59. The Hall–Kier alpha value is -1.51. The maximum atomic E-state index is 11.3. The molecule has 0 aliphatic rings. The number of amides is 2. The molecule has 0 spiro atoms. The van der Waals surface area contributed by atoms with Crippen molar-refractivity contribution in [2.75, 3.05) is 13.6 Å². The molecule has 18 heavy (non-hydrogen) atoms. The number of carbonyl (C=O) groups is 1. The predicted octanol–water partition coefficient (Wildman–Crippen LogP) is 2.82. The van der Waals surface area contributed by atoms with E-state index in [1.807, 2.05) is 0 Å². The number of carbonyl (C=O) groups excluding carboxylic acids is 1. The summed E-state index contributed by atoms with van der Waals surface area (Å²) in [7, 11) is 1.63. The zero-order chi connectivity index (χ0) is 13.9. The molecule has 0 unspecified atom stereocenters. The van der Waals surface area contributed by atoms with E-state index < -0.39 is 0 Å². The van der Waals surface area contributed by atoms with Crippen molar-refractivity contribution in [2.24, 2.45) is 0 Å². The first kappa shape index (κ1) is 14.6. The lowest BCUT2D eigenvalue weighted by atomic mass is 9.79. The van der Waals surface area contributed by atoms with Crippen molar-refractivity contribution in [1.29, 1.82) is 0 Å². The Kier molecular flexibility index (Phi) is 4.38. The van der Waals surface area contributed by atoms with Crippen LogP contribution in [0.1, 0.15) is 36.1 Å². The molecule has 1 aromatic carbocycles. The van der Waals surface area contributed by atoms with E-state index in [1.165, 1.54) is 22.3 Å². The first-order valence-electron chi connectivity index (χ1n) is 6.32. The van der Waals surface area contributed by atoms with Gasteiger partial charge in [0.1, 0.15) is 0 Å². The SMILES string of the molecule is CNC(=O)NCC(C)(C)c1c(C)cc(C)cc1C. The van der Waals surface area contributed by atoms with Gasteiger partial charge < -0.3 is 10.6 Å². The van der Waals surface area contributed by atoms with E-state index in [1.54, 1.807) is 7.05 Å². The van der Waals surface area contributed by atoms with Crippen LogP contribution in [-0.2, 0) is 5.41 Å². The van der Waals surface area contributed by atoms with Crippen LogP contribution < -0.4 is 10.6 Å². The monoisotopic (exact) mass is 248 g/mol. The molecule has 2 N–H and O–H groups in total. The molecule has 3 heteroatoms. The zero-order valence-corrected chi connectivity index (χ0v) is 12.3. The third-order valence-corrected chi connectivity index (χ3v) is 3.27. The van der Waals surface area contributed by atoms with E-state index in [4.69, 9.17) is 0 Å². The van der Waals surface area contributed by atoms with E-state index in [0.29, 0.717) is 6.54 Å². The number of aryl methyl sites for hydroxylation is 3. The molecule has 0 fully saturated rings. The maximum absolute atomic E-state index is 11.3. The Labute approximate surface area is 110 Å². The fourth-order valence-corrected chi connectivity index (χ4v) is 2.73. The number of benzene rings is 1. The predicted molar refractivity (Wildman–Crippen MR) is 76.1 cm³/mol. The Bertz CT molecular complexity index is 427. The number of hydrogen-bond donors (Lipinski definition) is 2. The van der Waals surface area contributed by atoms with E-state index in [9.17, 15) is 4.79 Å². The molecule has 3 nitrogen and oxygen atoms in total. The summed E-state index contributed by atoms with van der Waals surface area (Å²) in [4.78, 5) is 11.3. The first-order chi connectivity index (χ1) is 8.27. The average Bonchev–Trinajstić information content (AvgIpc) is 2.24. The molecule has 0 heterocycles. The van der Waals surface area contributed by atoms with E-state index in [2.05, 4.69) is 57.4 Å². The highest BCUT2D eigenvalue weighted by Crippen LogP contribution is 2.29. The molecule has 1 rings (SSSR count). The minimum atomic E-state index is -0.134. The van der Waals surface area contributed by atoms with Crippen LogP contribution in [0.3, 0.4) is 0 Å². The van der Waals surface area contributed by atoms with Gasteiger partial charge in [0, 0.05) is 19.0 Å². The van der Waals surface area contributed by atoms with Gasteiger partial charge in [-0.25, -0.2) is 4.79 Å². The van der Waals surface area contributed by atoms with Crippen LogP contribution in [0.15, 0.2) is 12.1 Å². The van der Waals surface area contributed by atoms with Gasteiger partial charge in [-0.15, -0.1) is 0 Å². The average molecular weight is 248 g/mol. The topological polar surface area (TPSA) is 41.1 Å². The third-order valence-electron chi connectivity index (χ3n) is 3.27. The van der Waals surface area contributed by atoms with Crippen LogP contribution in [0.25, 0.3) is 0 Å². The number of hydrogen-bond acceptors (Lipinski definition) is 1. The van der Waals surface area contributed by atoms with Crippen LogP contribution in [0.5, 0.6) is 0 Å².